The summed E-state index contributed by atoms with van der Waals surface area (Å²) in [6.07, 6.45) is 0. The molecule has 5 nitrogen and oxygen atoms in total. The smallest absolute Gasteiger partial charge is 0.325 e. The van der Waals surface area contributed by atoms with Crippen molar-refractivity contribution >= 4 is 12.0 Å². The number of ether oxygens (including phenoxy) is 1. The number of esters is 1. The van der Waals surface area contributed by atoms with Crippen LogP contribution in [0.15, 0.2) is 0 Å². The van der Waals surface area contributed by atoms with Crippen molar-refractivity contribution in [3.05, 3.63) is 0 Å². The van der Waals surface area contributed by atoms with Gasteiger partial charge in [0.25, 0.3) is 0 Å². The minimum absolute atomic E-state index is 0.0701. The van der Waals surface area contributed by atoms with Crippen molar-refractivity contribution in [2.75, 3.05) is 26.2 Å². The number of rotatable bonds is 7. The summed E-state index contributed by atoms with van der Waals surface area (Å²) in [7, 11) is 0. The Bertz CT molecular complexity index is 255. The Morgan fingerprint density at radius 1 is 1.11 bits per heavy atom. The zero-order valence-electron chi connectivity index (χ0n) is 12.2. The second-order valence-corrected chi connectivity index (χ2v) is 5.16. The van der Waals surface area contributed by atoms with Crippen LogP contribution in [0.25, 0.3) is 0 Å². The Balaban J connectivity index is 4.24. The Kier molecular flexibility index (Phi) is 8.16. The van der Waals surface area contributed by atoms with Crippen LogP contribution in [-0.4, -0.2) is 43.1 Å². The van der Waals surface area contributed by atoms with E-state index in [9.17, 15) is 9.59 Å². The lowest BCUT2D eigenvalue weighted by molar-refractivity contribution is -0.141. The summed E-state index contributed by atoms with van der Waals surface area (Å²) in [6.45, 7) is 11.6. The summed E-state index contributed by atoms with van der Waals surface area (Å²) in [5.74, 6) is 0.397. The van der Waals surface area contributed by atoms with Gasteiger partial charge in [0.2, 0.25) is 0 Å². The standard InChI is InChI=1S/C13H26N2O3/c1-6-18-12(16)7-14-13(17)15(8-10(2)3)9-11(4)5/h10-11H,6-9H2,1-5H3,(H,14,17). The van der Waals surface area contributed by atoms with Gasteiger partial charge in [-0.25, -0.2) is 4.79 Å². The molecule has 1 N–H and O–H groups in total. The molecule has 0 saturated carbocycles. The molecule has 0 aliphatic carbocycles. The lowest BCUT2D eigenvalue weighted by Crippen LogP contribution is -2.45. The molecule has 0 aromatic carbocycles. The fraction of sp³-hybridized carbons (Fsp3) is 0.846. The van der Waals surface area contributed by atoms with E-state index < -0.39 is 5.97 Å². The van der Waals surface area contributed by atoms with Gasteiger partial charge in [-0.3, -0.25) is 4.79 Å². The van der Waals surface area contributed by atoms with Crippen molar-refractivity contribution in [3.63, 3.8) is 0 Å². The molecule has 0 bridgehead atoms. The normalized spacial score (nSPS) is 10.6. The van der Waals surface area contributed by atoms with Crippen molar-refractivity contribution in [1.82, 2.24) is 10.2 Å². The van der Waals surface area contributed by atoms with Crippen LogP contribution >= 0.6 is 0 Å². The van der Waals surface area contributed by atoms with E-state index in [1.165, 1.54) is 0 Å². The predicted octanol–water partition coefficient (Wildman–Crippen LogP) is 1.87. The third kappa shape index (κ3) is 7.92. The van der Waals surface area contributed by atoms with Gasteiger partial charge in [-0.05, 0) is 18.8 Å². The minimum atomic E-state index is -0.403. The molecular formula is C13H26N2O3. The molecule has 0 aliphatic rings. The van der Waals surface area contributed by atoms with Crippen LogP contribution in [0.1, 0.15) is 34.6 Å². The minimum Gasteiger partial charge on any atom is -0.465 e. The van der Waals surface area contributed by atoms with E-state index in [1.807, 2.05) is 0 Å². The third-order valence-corrected chi connectivity index (χ3v) is 2.15. The molecule has 106 valence electrons. The first-order valence-electron chi connectivity index (χ1n) is 6.55. The topological polar surface area (TPSA) is 58.6 Å². The number of urea groups is 1. The van der Waals surface area contributed by atoms with E-state index >= 15 is 0 Å². The lowest BCUT2D eigenvalue weighted by Gasteiger charge is -2.26. The molecule has 18 heavy (non-hydrogen) atoms. The van der Waals surface area contributed by atoms with E-state index in [0.29, 0.717) is 31.5 Å². The summed E-state index contributed by atoms with van der Waals surface area (Å²) in [5.41, 5.74) is 0. The van der Waals surface area contributed by atoms with Gasteiger partial charge >= 0.3 is 12.0 Å². The maximum absolute atomic E-state index is 11.9. The molecule has 0 rings (SSSR count). The Hall–Kier alpha value is -1.26. The van der Waals surface area contributed by atoms with Crippen molar-refractivity contribution < 1.29 is 14.3 Å². The Morgan fingerprint density at radius 3 is 2.00 bits per heavy atom. The second-order valence-electron chi connectivity index (χ2n) is 5.16. The summed E-state index contributed by atoms with van der Waals surface area (Å²) >= 11 is 0. The molecule has 0 aliphatic heterocycles. The second kappa shape index (κ2) is 8.78. The Labute approximate surface area is 110 Å². The van der Waals surface area contributed by atoms with E-state index in [-0.39, 0.29) is 12.6 Å². The molecule has 0 heterocycles. The molecule has 5 heteroatoms. The summed E-state index contributed by atoms with van der Waals surface area (Å²) in [5, 5.41) is 2.59. The third-order valence-electron chi connectivity index (χ3n) is 2.15. The zero-order valence-corrected chi connectivity index (χ0v) is 12.2. The van der Waals surface area contributed by atoms with Crippen molar-refractivity contribution in [2.45, 2.75) is 34.6 Å². The molecule has 0 aromatic heterocycles. The van der Waals surface area contributed by atoms with Crippen LogP contribution in [0.2, 0.25) is 0 Å². The number of nitrogens with zero attached hydrogens (tertiary/aromatic N) is 1. The Morgan fingerprint density at radius 2 is 1.61 bits per heavy atom. The number of carbonyl (C=O) groups is 2. The highest BCUT2D eigenvalue weighted by atomic mass is 16.5. The molecule has 2 amide bonds. The number of nitrogens with one attached hydrogen (secondary N) is 1. The van der Waals surface area contributed by atoms with Crippen molar-refractivity contribution in [1.29, 1.82) is 0 Å². The predicted molar refractivity (Wildman–Crippen MR) is 71.3 cm³/mol. The fourth-order valence-electron chi connectivity index (χ4n) is 1.59. The summed E-state index contributed by atoms with van der Waals surface area (Å²) < 4.78 is 4.76. The number of hydrogen-bond acceptors (Lipinski definition) is 3. The van der Waals surface area contributed by atoms with Crippen LogP contribution in [0.4, 0.5) is 4.79 Å². The maximum atomic E-state index is 11.9. The first-order valence-corrected chi connectivity index (χ1v) is 6.55. The molecule has 0 atom stereocenters. The fourth-order valence-corrected chi connectivity index (χ4v) is 1.59. The van der Waals surface area contributed by atoms with Gasteiger partial charge < -0.3 is 15.0 Å². The lowest BCUT2D eigenvalue weighted by atomic mass is 10.1. The van der Waals surface area contributed by atoms with Crippen molar-refractivity contribution in [3.8, 4) is 0 Å². The average molecular weight is 258 g/mol. The van der Waals surface area contributed by atoms with Gasteiger partial charge in [0.1, 0.15) is 6.54 Å². The quantitative estimate of drug-likeness (QED) is 0.709. The zero-order chi connectivity index (χ0) is 14.1. The first kappa shape index (κ1) is 16.7. The SMILES string of the molecule is CCOC(=O)CNC(=O)N(CC(C)C)CC(C)C. The van der Waals surface area contributed by atoms with Crippen molar-refractivity contribution in [2.24, 2.45) is 11.8 Å². The van der Waals surface area contributed by atoms with Gasteiger partial charge in [-0.15, -0.1) is 0 Å². The van der Waals surface area contributed by atoms with Gasteiger partial charge in [-0.2, -0.15) is 0 Å². The average Bonchev–Trinajstić information content (AvgIpc) is 2.24. The molecular weight excluding hydrogens is 232 g/mol. The van der Waals surface area contributed by atoms with E-state index in [4.69, 9.17) is 4.74 Å². The van der Waals surface area contributed by atoms with Crippen LogP contribution in [0, 0.1) is 11.8 Å². The molecule has 0 saturated heterocycles. The van der Waals surface area contributed by atoms with Gasteiger partial charge in [0.15, 0.2) is 0 Å². The maximum Gasteiger partial charge on any atom is 0.325 e. The summed E-state index contributed by atoms with van der Waals surface area (Å²) in [4.78, 5) is 24.8. The number of carbonyl (C=O) groups excluding carboxylic acids is 2. The van der Waals surface area contributed by atoms with E-state index in [1.54, 1.807) is 11.8 Å². The summed E-state index contributed by atoms with van der Waals surface area (Å²) in [6, 6.07) is -0.203. The highest BCUT2D eigenvalue weighted by Crippen LogP contribution is 2.04. The molecule has 0 aromatic rings. The monoisotopic (exact) mass is 258 g/mol. The highest BCUT2D eigenvalue weighted by Gasteiger charge is 2.16. The molecule has 0 unspecified atom stereocenters. The molecule has 0 fully saturated rings. The van der Waals surface area contributed by atoms with Crippen LogP contribution < -0.4 is 5.32 Å². The van der Waals surface area contributed by atoms with Gasteiger partial charge in [0, 0.05) is 13.1 Å². The number of hydrogen-bond donors (Lipinski definition) is 1. The van der Waals surface area contributed by atoms with E-state index in [2.05, 4.69) is 33.0 Å². The molecule has 0 spiro atoms. The van der Waals surface area contributed by atoms with Gasteiger partial charge in [-0.1, -0.05) is 27.7 Å². The van der Waals surface area contributed by atoms with Gasteiger partial charge in [0.05, 0.1) is 6.61 Å². The van der Waals surface area contributed by atoms with Crippen LogP contribution in [0.5, 0.6) is 0 Å². The largest absolute Gasteiger partial charge is 0.465 e. The molecule has 0 radical (unpaired) electrons. The highest BCUT2D eigenvalue weighted by molar-refractivity contribution is 5.80. The first-order chi connectivity index (χ1) is 8.36. The van der Waals surface area contributed by atoms with E-state index in [0.717, 1.165) is 0 Å². The van der Waals surface area contributed by atoms with Crippen LogP contribution in [-0.2, 0) is 9.53 Å². The van der Waals surface area contributed by atoms with Crippen LogP contribution in [0.3, 0.4) is 0 Å². The number of amides is 2.